The minimum absolute atomic E-state index is 0.0934. The number of fused-ring (bicyclic) bond motifs is 3. The zero-order valence-corrected chi connectivity index (χ0v) is 16.5. The minimum Gasteiger partial charge on any atom is -0.480 e. The van der Waals surface area contributed by atoms with E-state index in [-0.39, 0.29) is 24.3 Å². The number of H-pyrrole nitrogens is 1. The average Bonchev–Trinajstić information content (AvgIpc) is 3.35. The van der Waals surface area contributed by atoms with Crippen molar-refractivity contribution in [3.63, 3.8) is 0 Å². The Balaban J connectivity index is 1.38. The zero-order valence-electron chi connectivity index (χ0n) is 16.5. The van der Waals surface area contributed by atoms with Gasteiger partial charge in [-0.25, -0.2) is 4.79 Å². The number of nitrogens with one attached hydrogen (secondary N) is 3. The molecule has 1 heterocycles. The standard InChI is InChI=1S/C21H19N5O5/c1-11(19(28)29)22-18(27)17-23-20(26-25-17)24-21(30)31-10-16-14-8-4-2-6-12(14)13-7-3-5-9-15(13)16/h2-9,11,16H,10H2,1H3,(H,22,27)(H,28,29)(H2,23,24,25,26,30)/t11-/m0/s1. The highest BCUT2D eigenvalue weighted by Crippen LogP contribution is 2.44. The zero-order chi connectivity index (χ0) is 22.0. The van der Waals surface area contributed by atoms with Gasteiger partial charge in [0.05, 0.1) is 0 Å². The van der Waals surface area contributed by atoms with Crippen molar-refractivity contribution < 1.29 is 24.2 Å². The van der Waals surface area contributed by atoms with Crippen LogP contribution in [-0.4, -0.2) is 50.9 Å². The molecule has 1 aliphatic carbocycles. The molecule has 1 aliphatic rings. The van der Waals surface area contributed by atoms with Crippen molar-refractivity contribution in [3.05, 3.63) is 65.5 Å². The number of rotatable bonds is 6. The van der Waals surface area contributed by atoms with E-state index < -0.39 is 24.0 Å². The van der Waals surface area contributed by atoms with Gasteiger partial charge in [-0.05, 0) is 29.2 Å². The smallest absolute Gasteiger partial charge is 0.414 e. The number of nitrogens with zero attached hydrogens (tertiary/aromatic N) is 2. The summed E-state index contributed by atoms with van der Waals surface area (Å²) in [5.74, 6) is -2.44. The first-order valence-electron chi connectivity index (χ1n) is 9.52. The molecule has 10 nitrogen and oxygen atoms in total. The van der Waals surface area contributed by atoms with Crippen LogP contribution in [0.2, 0.25) is 0 Å². The van der Waals surface area contributed by atoms with Gasteiger partial charge in [0.25, 0.3) is 11.9 Å². The van der Waals surface area contributed by atoms with Gasteiger partial charge in [-0.15, -0.1) is 5.10 Å². The molecular weight excluding hydrogens is 402 g/mol. The molecule has 0 saturated heterocycles. The monoisotopic (exact) mass is 421 g/mol. The second-order valence-corrected chi connectivity index (χ2v) is 6.99. The Kier molecular flexibility index (Phi) is 5.35. The van der Waals surface area contributed by atoms with Crippen molar-refractivity contribution in [3.8, 4) is 11.1 Å². The fraction of sp³-hybridized carbons (Fsp3) is 0.190. The molecule has 0 fully saturated rings. The van der Waals surface area contributed by atoms with Gasteiger partial charge in [-0.2, -0.15) is 4.98 Å². The summed E-state index contributed by atoms with van der Waals surface area (Å²) < 4.78 is 5.39. The number of carboxylic acid groups (broad SMARTS) is 1. The Morgan fingerprint density at radius 3 is 2.32 bits per heavy atom. The number of carboxylic acids is 1. The number of aromatic amines is 1. The molecule has 31 heavy (non-hydrogen) atoms. The molecule has 0 bridgehead atoms. The summed E-state index contributed by atoms with van der Waals surface area (Å²) in [6, 6.07) is 14.8. The third-order valence-electron chi connectivity index (χ3n) is 4.98. The second-order valence-electron chi connectivity index (χ2n) is 6.99. The number of hydrogen-bond acceptors (Lipinski definition) is 6. The number of benzene rings is 2. The molecule has 2 amide bonds. The molecule has 0 radical (unpaired) electrons. The lowest BCUT2D eigenvalue weighted by Crippen LogP contribution is -2.38. The molecule has 1 aromatic heterocycles. The van der Waals surface area contributed by atoms with Crippen LogP contribution in [0.4, 0.5) is 10.7 Å². The van der Waals surface area contributed by atoms with Crippen LogP contribution in [0.25, 0.3) is 11.1 Å². The molecule has 4 rings (SSSR count). The Morgan fingerprint density at radius 1 is 1.10 bits per heavy atom. The van der Waals surface area contributed by atoms with E-state index in [2.05, 4.69) is 25.8 Å². The summed E-state index contributed by atoms with van der Waals surface area (Å²) in [6.07, 6.45) is -0.772. The molecule has 2 aromatic carbocycles. The molecular formula is C21H19N5O5. The Labute approximate surface area is 176 Å². The van der Waals surface area contributed by atoms with Gasteiger partial charge in [0.2, 0.25) is 5.82 Å². The number of aromatic nitrogens is 3. The van der Waals surface area contributed by atoms with Crippen LogP contribution in [0.5, 0.6) is 0 Å². The minimum atomic E-state index is -1.19. The Morgan fingerprint density at radius 2 is 1.71 bits per heavy atom. The largest absolute Gasteiger partial charge is 0.480 e. The molecule has 1 atom stereocenters. The summed E-state index contributed by atoms with van der Waals surface area (Å²) in [5, 5.41) is 19.5. The maximum absolute atomic E-state index is 12.2. The number of carbonyl (C=O) groups is 3. The van der Waals surface area contributed by atoms with Crippen LogP contribution in [0, 0.1) is 0 Å². The highest BCUT2D eigenvalue weighted by Gasteiger charge is 2.29. The van der Waals surface area contributed by atoms with Crippen molar-refractivity contribution in [2.75, 3.05) is 11.9 Å². The van der Waals surface area contributed by atoms with Crippen molar-refractivity contribution in [1.29, 1.82) is 0 Å². The van der Waals surface area contributed by atoms with E-state index in [1.807, 2.05) is 48.5 Å². The Bertz CT molecular complexity index is 1110. The van der Waals surface area contributed by atoms with Gasteiger partial charge >= 0.3 is 12.1 Å². The van der Waals surface area contributed by atoms with E-state index in [1.165, 1.54) is 6.92 Å². The van der Waals surface area contributed by atoms with E-state index in [9.17, 15) is 14.4 Å². The molecule has 0 aliphatic heterocycles. The predicted molar refractivity (Wildman–Crippen MR) is 110 cm³/mol. The molecule has 158 valence electrons. The number of aliphatic carboxylic acids is 1. The van der Waals surface area contributed by atoms with Crippen LogP contribution in [0.15, 0.2) is 48.5 Å². The van der Waals surface area contributed by atoms with Gasteiger partial charge in [-0.3, -0.25) is 20.0 Å². The van der Waals surface area contributed by atoms with Gasteiger partial charge in [-0.1, -0.05) is 48.5 Å². The molecule has 0 spiro atoms. The number of amides is 2. The van der Waals surface area contributed by atoms with Crippen molar-refractivity contribution in [2.24, 2.45) is 0 Å². The van der Waals surface area contributed by atoms with Gasteiger partial charge in [0, 0.05) is 5.92 Å². The van der Waals surface area contributed by atoms with Gasteiger partial charge in [0.1, 0.15) is 12.6 Å². The third kappa shape index (κ3) is 4.08. The summed E-state index contributed by atoms with van der Waals surface area (Å²) in [4.78, 5) is 38.8. The van der Waals surface area contributed by atoms with E-state index in [0.717, 1.165) is 22.3 Å². The Hall–Kier alpha value is -4.21. The maximum Gasteiger partial charge on any atom is 0.414 e. The first kappa shape index (κ1) is 20.1. The molecule has 0 saturated carbocycles. The topological polar surface area (TPSA) is 146 Å². The van der Waals surface area contributed by atoms with Crippen LogP contribution >= 0.6 is 0 Å². The summed E-state index contributed by atoms with van der Waals surface area (Å²) >= 11 is 0. The molecule has 4 N–H and O–H groups in total. The maximum atomic E-state index is 12.2. The lowest BCUT2D eigenvalue weighted by molar-refractivity contribution is -0.138. The normalized spacial score (nSPS) is 13.1. The average molecular weight is 421 g/mol. The lowest BCUT2D eigenvalue weighted by atomic mass is 9.98. The van der Waals surface area contributed by atoms with Crippen LogP contribution in [0.3, 0.4) is 0 Å². The molecule has 0 unspecified atom stereocenters. The number of carbonyl (C=O) groups excluding carboxylic acids is 2. The fourth-order valence-corrected chi connectivity index (χ4v) is 3.47. The lowest BCUT2D eigenvalue weighted by Gasteiger charge is -2.13. The second kappa shape index (κ2) is 8.27. The summed E-state index contributed by atoms with van der Waals surface area (Å²) in [5.41, 5.74) is 4.40. The fourth-order valence-electron chi connectivity index (χ4n) is 3.47. The van der Waals surface area contributed by atoms with Crippen molar-refractivity contribution in [1.82, 2.24) is 20.5 Å². The van der Waals surface area contributed by atoms with E-state index in [0.29, 0.717) is 0 Å². The van der Waals surface area contributed by atoms with E-state index >= 15 is 0 Å². The summed E-state index contributed by atoms with van der Waals surface area (Å²) in [6.45, 7) is 1.43. The van der Waals surface area contributed by atoms with Crippen molar-refractivity contribution >= 4 is 23.9 Å². The SMILES string of the molecule is C[C@H](NC(=O)c1nc(NC(=O)OCC2c3ccccc3-c3ccccc32)n[nH]1)C(=O)O. The van der Waals surface area contributed by atoms with Gasteiger partial charge < -0.3 is 15.2 Å². The van der Waals surface area contributed by atoms with Crippen LogP contribution in [-0.2, 0) is 9.53 Å². The number of ether oxygens (including phenoxy) is 1. The van der Waals surface area contributed by atoms with Crippen LogP contribution < -0.4 is 10.6 Å². The molecule has 3 aromatic rings. The number of hydrogen-bond donors (Lipinski definition) is 4. The first-order chi connectivity index (χ1) is 14.9. The van der Waals surface area contributed by atoms with Crippen LogP contribution in [0.1, 0.15) is 34.6 Å². The van der Waals surface area contributed by atoms with E-state index in [4.69, 9.17) is 9.84 Å². The quantitative estimate of drug-likeness (QED) is 0.478. The highest BCUT2D eigenvalue weighted by molar-refractivity contribution is 5.94. The number of anilines is 1. The predicted octanol–water partition coefficient (Wildman–Crippen LogP) is 2.37. The first-order valence-corrected chi connectivity index (χ1v) is 9.52. The summed E-state index contributed by atoms with van der Waals surface area (Å²) in [7, 11) is 0. The van der Waals surface area contributed by atoms with E-state index in [1.54, 1.807) is 0 Å². The third-order valence-corrected chi connectivity index (χ3v) is 4.98. The highest BCUT2D eigenvalue weighted by atomic mass is 16.5. The van der Waals surface area contributed by atoms with Gasteiger partial charge in [0.15, 0.2) is 0 Å². The van der Waals surface area contributed by atoms with Crippen molar-refractivity contribution in [2.45, 2.75) is 18.9 Å². The molecule has 10 heteroatoms.